The summed E-state index contributed by atoms with van der Waals surface area (Å²) < 4.78 is 1.11. The number of benzene rings is 1. The van der Waals surface area contributed by atoms with Gasteiger partial charge in [0.1, 0.15) is 5.69 Å². The Morgan fingerprint density at radius 2 is 2.18 bits per heavy atom. The third-order valence-corrected chi connectivity index (χ3v) is 2.35. The number of fused-ring (bicyclic) bond motifs is 1. The first kappa shape index (κ1) is 9.46. The Labute approximate surface area is 94.4 Å². The van der Waals surface area contributed by atoms with Gasteiger partial charge in [0.25, 0.3) is 0 Å². The van der Waals surface area contributed by atoms with Crippen LogP contribution in [0.5, 0.6) is 0 Å². The fourth-order valence-electron chi connectivity index (χ4n) is 1.66. The van der Waals surface area contributed by atoms with Crippen LogP contribution in [0.4, 0.5) is 4.79 Å². The van der Waals surface area contributed by atoms with Gasteiger partial charge in [0, 0.05) is 5.39 Å². The van der Waals surface area contributed by atoms with Crippen LogP contribution in [0.1, 0.15) is 0 Å². The summed E-state index contributed by atoms with van der Waals surface area (Å²) in [7, 11) is 0. The van der Waals surface area contributed by atoms with Crippen LogP contribution in [0.3, 0.4) is 0 Å². The number of aromatic amines is 1. The van der Waals surface area contributed by atoms with Crippen LogP contribution in [0.15, 0.2) is 24.3 Å². The lowest BCUT2D eigenvalue weighted by Crippen LogP contribution is -2.20. The number of carbonyl (C=O) groups excluding carboxylic acids is 1. The Kier molecular flexibility index (Phi) is 1.87. The maximum Gasteiger partial charge on any atom is 0.340 e. The lowest BCUT2D eigenvalue weighted by Gasteiger charge is -1.94. The second-order valence-electron chi connectivity index (χ2n) is 3.35. The number of rotatable bonds is 1. The lowest BCUT2D eigenvalue weighted by molar-refractivity contribution is 0.248. The normalized spacial score (nSPS) is 10.8. The number of tetrazole rings is 1. The molecule has 0 aliphatic rings. The summed E-state index contributed by atoms with van der Waals surface area (Å²) in [6.45, 7) is 0. The van der Waals surface area contributed by atoms with Crippen molar-refractivity contribution in [3.8, 4) is 11.5 Å². The Bertz CT molecular complexity index is 685. The Hall–Kier alpha value is -2.77. The first-order chi connectivity index (χ1) is 8.27. The summed E-state index contributed by atoms with van der Waals surface area (Å²) in [6.07, 6.45) is 0. The average Bonchev–Trinajstić information content (AvgIpc) is 2.95. The molecule has 8 heteroatoms. The number of carbonyl (C=O) groups is 1. The first-order valence-electron chi connectivity index (χ1n) is 4.79. The number of aromatic nitrogens is 6. The van der Waals surface area contributed by atoms with Crippen molar-refractivity contribution in [2.45, 2.75) is 0 Å². The van der Waals surface area contributed by atoms with Gasteiger partial charge in [-0.1, -0.05) is 18.2 Å². The molecule has 0 fully saturated rings. The van der Waals surface area contributed by atoms with Crippen molar-refractivity contribution in [2.24, 2.45) is 5.73 Å². The molecule has 0 aliphatic heterocycles. The third kappa shape index (κ3) is 1.34. The molecule has 1 aromatic carbocycles. The van der Waals surface area contributed by atoms with Crippen molar-refractivity contribution in [3.05, 3.63) is 24.3 Å². The molecule has 0 atom stereocenters. The van der Waals surface area contributed by atoms with E-state index in [0.29, 0.717) is 17.0 Å². The molecular weight excluding hydrogens is 222 g/mol. The molecule has 17 heavy (non-hydrogen) atoms. The number of hydrogen-bond acceptors (Lipinski definition) is 5. The molecule has 8 nitrogen and oxygen atoms in total. The maximum atomic E-state index is 11.3. The molecule has 0 radical (unpaired) electrons. The number of amides is 1. The van der Waals surface area contributed by atoms with E-state index in [-0.39, 0.29) is 0 Å². The standard InChI is InChI=1S/C9H7N7O/c10-9(17)16-6-4-2-1-3-5(6)7(13-16)8-11-14-15-12-8/h1-4H,(H2,10,17)(H,11,12,14,15). The van der Waals surface area contributed by atoms with E-state index in [1.807, 2.05) is 12.1 Å². The highest BCUT2D eigenvalue weighted by Crippen LogP contribution is 2.24. The largest absolute Gasteiger partial charge is 0.350 e. The van der Waals surface area contributed by atoms with Crippen LogP contribution in [0.25, 0.3) is 22.4 Å². The van der Waals surface area contributed by atoms with Crippen LogP contribution in [-0.4, -0.2) is 36.4 Å². The number of hydrogen-bond donors (Lipinski definition) is 2. The number of nitrogens with one attached hydrogen (secondary N) is 1. The lowest BCUT2D eigenvalue weighted by atomic mass is 10.2. The number of para-hydroxylation sites is 1. The van der Waals surface area contributed by atoms with Crippen molar-refractivity contribution in [2.75, 3.05) is 0 Å². The molecule has 0 spiro atoms. The number of nitrogens with zero attached hydrogens (tertiary/aromatic N) is 5. The molecule has 2 heterocycles. The van der Waals surface area contributed by atoms with Gasteiger partial charge in [0.2, 0.25) is 5.82 Å². The van der Waals surface area contributed by atoms with Gasteiger partial charge in [0.05, 0.1) is 5.52 Å². The molecular formula is C9H7N7O. The Morgan fingerprint density at radius 1 is 1.35 bits per heavy atom. The zero-order valence-electron chi connectivity index (χ0n) is 8.53. The predicted molar refractivity (Wildman–Crippen MR) is 57.9 cm³/mol. The highest BCUT2D eigenvalue weighted by atomic mass is 16.2. The van der Waals surface area contributed by atoms with Crippen molar-refractivity contribution in [1.29, 1.82) is 0 Å². The zero-order chi connectivity index (χ0) is 11.8. The number of nitrogens with two attached hydrogens (primary N) is 1. The second-order valence-corrected chi connectivity index (χ2v) is 3.35. The van der Waals surface area contributed by atoms with E-state index in [0.717, 1.165) is 10.1 Å². The van der Waals surface area contributed by atoms with Gasteiger partial charge < -0.3 is 5.73 Å². The average molecular weight is 229 g/mol. The Morgan fingerprint density at radius 3 is 2.88 bits per heavy atom. The molecule has 3 N–H and O–H groups in total. The van der Waals surface area contributed by atoms with Crippen LogP contribution in [-0.2, 0) is 0 Å². The molecule has 0 saturated carbocycles. The predicted octanol–water partition coefficient (Wildman–Crippen LogP) is 0.143. The van der Waals surface area contributed by atoms with Gasteiger partial charge in [-0.05, 0) is 11.3 Å². The van der Waals surface area contributed by atoms with Crippen LogP contribution >= 0.6 is 0 Å². The maximum absolute atomic E-state index is 11.3. The van der Waals surface area contributed by atoms with Gasteiger partial charge in [-0.25, -0.2) is 4.79 Å². The van der Waals surface area contributed by atoms with Gasteiger partial charge in [0.15, 0.2) is 0 Å². The van der Waals surface area contributed by atoms with Gasteiger partial charge >= 0.3 is 6.03 Å². The van der Waals surface area contributed by atoms with Gasteiger partial charge in [-0.15, -0.1) is 10.2 Å². The highest BCUT2D eigenvalue weighted by molar-refractivity contribution is 5.96. The molecule has 0 unspecified atom stereocenters. The minimum atomic E-state index is -0.657. The topological polar surface area (TPSA) is 115 Å². The van der Waals surface area contributed by atoms with Crippen molar-refractivity contribution in [3.63, 3.8) is 0 Å². The molecule has 3 rings (SSSR count). The van der Waals surface area contributed by atoms with E-state index >= 15 is 0 Å². The van der Waals surface area contributed by atoms with Crippen LogP contribution in [0, 0.1) is 0 Å². The summed E-state index contributed by atoms with van der Waals surface area (Å²) >= 11 is 0. The number of primary amides is 1. The van der Waals surface area contributed by atoms with Crippen LogP contribution in [0.2, 0.25) is 0 Å². The Balaban J connectivity index is 2.37. The van der Waals surface area contributed by atoms with E-state index in [1.54, 1.807) is 12.1 Å². The molecule has 0 saturated heterocycles. The SMILES string of the molecule is NC(=O)n1nc(-c2nn[nH]n2)c2ccccc21. The van der Waals surface area contributed by atoms with Crippen LogP contribution < -0.4 is 5.73 Å². The summed E-state index contributed by atoms with van der Waals surface area (Å²) in [6, 6.07) is 6.53. The number of H-pyrrole nitrogens is 1. The van der Waals surface area contributed by atoms with Crippen molar-refractivity contribution >= 4 is 16.9 Å². The van der Waals surface area contributed by atoms with Gasteiger partial charge in [-0.3, -0.25) is 0 Å². The molecule has 84 valence electrons. The highest BCUT2D eigenvalue weighted by Gasteiger charge is 2.17. The second kappa shape index (κ2) is 3.37. The smallest absolute Gasteiger partial charge is 0.340 e. The minimum Gasteiger partial charge on any atom is -0.350 e. The van der Waals surface area contributed by atoms with E-state index in [2.05, 4.69) is 25.7 Å². The molecule has 3 aromatic rings. The quantitative estimate of drug-likeness (QED) is 0.615. The molecule has 0 aliphatic carbocycles. The molecule has 2 aromatic heterocycles. The fraction of sp³-hybridized carbons (Fsp3) is 0. The fourth-order valence-corrected chi connectivity index (χ4v) is 1.66. The van der Waals surface area contributed by atoms with E-state index in [1.165, 1.54) is 0 Å². The minimum absolute atomic E-state index is 0.321. The third-order valence-electron chi connectivity index (χ3n) is 2.35. The van der Waals surface area contributed by atoms with E-state index < -0.39 is 6.03 Å². The molecule has 1 amide bonds. The molecule has 0 bridgehead atoms. The summed E-state index contributed by atoms with van der Waals surface area (Å²) in [5, 5.41) is 18.3. The zero-order valence-corrected chi connectivity index (χ0v) is 8.53. The van der Waals surface area contributed by atoms with Gasteiger partial charge in [-0.2, -0.15) is 15.0 Å². The summed E-state index contributed by atoms with van der Waals surface area (Å²) in [5.74, 6) is 0.321. The van der Waals surface area contributed by atoms with Crippen molar-refractivity contribution < 1.29 is 4.79 Å². The van der Waals surface area contributed by atoms with E-state index in [9.17, 15) is 4.79 Å². The monoisotopic (exact) mass is 229 g/mol. The summed E-state index contributed by atoms with van der Waals surface area (Å²) in [4.78, 5) is 11.3. The van der Waals surface area contributed by atoms with Crippen molar-refractivity contribution in [1.82, 2.24) is 30.4 Å². The summed E-state index contributed by atoms with van der Waals surface area (Å²) in [5.41, 5.74) is 6.32. The van der Waals surface area contributed by atoms with E-state index in [4.69, 9.17) is 5.73 Å². The first-order valence-corrected chi connectivity index (χ1v) is 4.79.